The summed E-state index contributed by atoms with van der Waals surface area (Å²) in [5, 5.41) is 23.9. The fourth-order valence-corrected chi connectivity index (χ4v) is 9.17. The van der Waals surface area contributed by atoms with Crippen LogP contribution in [0.2, 0.25) is 0 Å². The Kier molecular flexibility index (Phi) is 54.5. The van der Waals surface area contributed by atoms with Crippen LogP contribution in [-0.4, -0.2) is 46.9 Å². The molecular formula is C63H115NO5. The third kappa shape index (κ3) is 51.7. The van der Waals surface area contributed by atoms with Crippen molar-refractivity contribution in [3.05, 3.63) is 60.8 Å². The Morgan fingerprint density at radius 1 is 0.420 bits per heavy atom. The Labute approximate surface area is 428 Å². The van der Waals surface area contributed by atoms with Crippen LogP contribution in [0, 0.1) is 0 Å². The van der Waals surface area contributed by atoms with Crippen LogP contribution < -0.4 is 5.32 Å². The Hall–Kier alpha value is -2.44. The van der Waals surface area contributed by atoms with Crippen LogP contribution in [0.1, 0.15) is 303 Å². The molecule has 402 valence electrons. The fraction of sp³-hybridized carbons (Fsp3) is 0.810. The zero-order chi connectivity index (χ0) is 50.2. The van der Waals surface area contributed by atoms with Crippen molar-refractivity contribution in [2.24, 2.45) is 0 Å². The third-order valence-electron chi connectivity index (χ3n) is 13.7. The minimum absolute atomic E-state index is 0.0512. The Morgan fingerprint density at radius 2 is 0.768 bits per heavy atom. The van der Waals surface area contributed by atoms with Gasteiger partial charge in [0.1, 0.15) is 6.10 Å². The van der Waals surface area contributed by atoms with Gasteiger partial charge in [0.15, 0.2) is 0 Å². The molecule has 0 saturated carbocycles. The molecule has 0 aromatic heterocycles. The van der Waals surface area contributed by atoms with Gasteiger partial charge in [-0.25, -0.2) is 0 Å². The van der Waals surface area contributed by atoms with Crippen molar-refractivity contribution in [3.8, 4) is 0 Å². The van der Waals surface area contributed by atoms with Gasteiger partial charge in [0.05, 0.1) is 25.2 Å². The minimum atomic E-state index is -0.801. The number of aliphatic hydroxyl groups is 2. The number of carbonyl (C=O) groups excluding carboxylic acids is 2. The van der Waals surface area contributed by atoms with E-state index < -0.39 is 18.2 Å². The summed E-state index contributed by atoms with van der Waals surface area (Å²) in [4.78, 5) is 26.3. The Balaban J connectivity index is 4.59. The molecule has 0 aliphatic heterocycles. The minimum Gasteiger partial charge on any atom is -0.462 e. The topological polar surface area (TPSA) is 95.9 Å². The summed E-state index contributed by atoms with van der Waals surface area (Å²) in [7, 11) is 0. The third-order valence-corrected chi connectivity index (χ3v) is 13.7. The monoisotopic (exact) mass is 966 g/mol. The molecule has 0 radical (unpaired) electrons. The van der Waals surface area contributed by atoms with Crippen molar-refractivity contribution in [3.63, 3.8) is 0 Å². The lowest BCUT2D eigenvalue weighted by molar-refractivity contribution is -0.151. The van der Waals surface area contributed by atoms with E-state index in [4.69, 9.17) is 4.74 Å². The quantitative estimate of drug-likeness (QED) is 0.0321. The van der Waals surface area contributed by atoms with Gasteiger partial charge in [0.2, 0.25) is 5.91 Å². The molecule has 0 fully saturated rings. The van der Waals surface area contributed by atoms with Gasteiger partial charge in [-0.05, 0) is 44.9 Å². The zero-order valence-corrected chi connectivity index (χ0v) is 45.9. The van der Waals surface area contributed by atoms with Crippen LogP contribution >= 0.6 is 0 Å². The molecule has 3 atom stereocenters. The molecule has 0 spiro atoms. The van der Waals surface area contributed by atoms with E-state index in [2.05, 4.69) is 56.5 Å². The van der Waals surface area contributed by atoms with E-state index in [9.17, 15) is 19.8 Å². The molecular weight excluding hydrogens is 851 g/mol. The highest BCUT2D eigenvalue weighted by Crippen LogP contribution is 2.19. The smallest absolute Gasteiger partial charge is 0.306 e. The van der Waals surface area contributed by atoms with E-state index in [0.717, 1.165) is 70.6 Å². The Bertz CT molecular complexity index is 1220. The van der Waals surface area contributed by atoms with Gasteiger partial charge in [0.25, 0.3) is 0 Å². The molecule has 3 unspecified atom stereocenters. The first-order valence-electron chi connectivity index (χ1n) is 30.1. The lowest BCUT2D eigenvalue weighted by Crippen LogP contribution is -2.46. The predicted octanol–water partition coefficient (Wildman–Crippen LogP) is 18.7. The van der Waals surface area contributed by atoms with E-state index in [0.29, 0.717) is 19.3 Å². The van der Waals surface area contributed by atoms with Crippen molar-refractivity contribution in [1.82, 2.24) is 5.32 Å². The second-order valence-corrected chi connectivity index (χ2v) is 20.5. The van der Waals surface area contributed by atoms with Gasteiger partial charge in [-0.3, -0.25) is 9.59 Å². The average molecular weight is 967 g/mol. The Morgan fingerprint density at radius 3 is 1.17 bits per heavy atom. The standard InChI is InChI=1S/C63H115NO5/c1-4-7-10-13-16-19-22-25-28-31-34-37-40-43-46-49-52-55-61(66)60(58-65)64-62(67)57-59(54-51-48-45-42-39-36-33-30-27-24-21-18-15-12-9-6-3)69-63(68)56-53-50-47-44-41-38-35-32-29-26-23-20-17-14-11-8-5-2/h12,15,18,21,24,27,30,33,36,39,59-61,65-66H,4-11,13-14,16-17,19-20,22-23,25-26,28-29,31-32,34-35,37-38,40-58H2,1-3H3,(H,64,67)/b15-12+,21-18+,27-24+,33-30+,39-36+. The summed E-state index contributed by atoms with van der Waals surface area (Å²) in [5.74, 6) is -0.503. The molecule has 1 amide bonds. The van der Waals surface area contributed by atoms with E-state index >= 15 is 0 Å². The van der Waals surface area contributed by atoms with Crippen molar-refractivity contribution in [2.75, 3.05) is 6.61 Å². The molecule has 6 nitrogen and oxygen atoms in total. The van der Waals surface area contributed by atoms with Gasteiger partial charge < -0.3 is 20.3 Å². The molecule has 3 N–H and O–H groups in total. The molecule has 0 rings (SSSR count). The number of ether oxygens (including phenoxy) is 1. The molecule has 0 aromatic rings. The highest BCUT2D eigenvalue weighted by molar-refractivity contribution is 5.77. The molecule has 69 heavy (non-hydrogen) atoms. The number of aliphatic hydroxyl groups excluding tert-OH is 2. The number of allylic oxidation sites excluding steroid dienone is 10. The molecule has 0 saturated heterocycles. The van der Waals surface area contributed by atoms with Crippen LogP contribution in [0.5, 0.6) is 0 Å². The zero-order valence-electron chi connectivity index (χ0n) is 45.9. The number of rotatable bonds is 54. The number of esters is 1. The van der Waals surface area contributed by atoms with E-state index in [1.54, 1.807) is 0 Å². The maximum Gasteiger partial charge on any atom is 0.306 e. The van der Waals surface area contributed by atoms with Crippen molar-refractivity contribution < 1.29 is 24.5 Å². The van der Waals surface area contributed by atoms with Crippen LogP contribution in [0.3, 0.4) is 0 Å². The first kappa shape index (κ1) is 66.6. The summed E-state index contributed by atoms with van der Waals surface area (Å²) in [6.45, 7) is 6.42. The lowest BCUT2D eigenvalue weighted by Gasteiger charge is -2.24. The second kappa shape index (κ2) is 56.5. The van der Waals surface area contributed by atoms with Gasteiger partial charge >= 0.3 is 5.97 Å². The van der Waals surface area contributed by atoms with E-state index in [1.165, 1.54) is 186 Å². The van der Waals surface area contributed by atoms with Crippen LogP contribution in [-0.2, 0) is 14.3 Å². The number of hydrogen-bond donors (Lipinski definition) is 3. The summed E-state index contributed by atoms with van der Waals surface area (Å²) in [5.41, 5.74) is 0. The van der Waals surface area contributed by atoms with Gasteiger partial charge in [-0.15, -0.1) is 0 Å². The van der Waals surface area contributed by atoms with Crippen LogP contribution in [0.15, 0.2) is 60.8 Å². The molecule has 0 heterocycles. The predicted molar refractivity (Wildman–Crippen MR) is 301 cm³/mol. The average Bonchev–Trinajstić information content (AvgIpc) is 3.34. The number of unbranched alkanes of at least 4 members (excludes halogenated alkanes) is 36. The number of nitrogens with one attached hydrogen (secondary N) is 1. The summed E-state index contributed by atoms with van der Waals surface area (Å²) in [6.07, 6.45) is 71.4. The maximum absolute atomic E-state index is 13.3. The number of amides is 1. The first-order chi connectivity index (χ1) is 34.0. The van der Waals surface area contributed by atoms with E-state index in [1.807, 2.05) is 30.4 Å². The maximum atomic E-state index is 13.3. The highest BCUT2D eigenvalue weighted by atomic mass is 16.5. The lowest BCUT2D eigenvalue weighted by atomic mass is 10.0. The SMILES string of the molecule is CCC/C=C/C=C/C=C/C=C/C=C/CCCCCC(CC(=O)NC(CO)C(O)CCCCCCCCCCCCCCCCCCC)OC(=O)CCCCCCCCCCCCCCCCCCC. The summed E-state index contributed by atoms with van der Waals surface area (Å²) < 4.78 is 5.95. The van der Waals surface area contributed by atoms with Gasteiger partial charge in [-0.1, -0.05) is 306 Å². The van der Waals surface area contributed by atoms with E-state index in [-0.39, 0.29) is 24.9 Å². The second-order valence-electron chi connectivity index (χ2n) is 20.5. The van der Waals surface area contributed by atoms with Crippen LogP contribution in [0.25, 0.3) is 0 Å². The molecule has 6 heteroatoms. The highest BCUT2D eigenvalue weighted by Gasteiger charge is 2.24. The fourth-order valence-electron chi connectivity index (χ4n) is 9.17. The molecule has 0 aliphatic rings. The number of carbonyl (C=O) groups is 2. The van der Waals surface area contributed by atoms with Crippen LogP contribution in [0.4, 0.5) is 0 Å². The molecule has 0 bridgehead atoms. The normalized spacial score (nSPS) is 13.5. The number of hydrogen-bond acceptors (Lipinski definition) is 5. The largest absolute Gasteiger partial charge is 0.462 e. The van der Waals surface area contributed by atoms with Crippen molar-refractivity contribution in [2.45, 2.75) is 322 Å². The van der Waals surface area contributed by atoms with Crippen molar-refractivity contribution in [1.29, 1.82) is 0 Å². The van der Waals surface area contributed by atoms with Crippen molar-refractivity contribution >= 4 is 11.9 Å². The van der Waals surface area contributed by atoms with Gasteiger partial charge in [-0.2, -0.15) is 0 Å². The molecule has 0 aliphatic carbocycles. The summed E-state index contributed by atoms with van der Waals surface area (Å²) in [6, 6.07) is -0.717. The first-order valence-corrected chi connectivity index (χ1v) is 30.1. The molecule has 0 aromatic carbocycles. The van der Waals surface area contributed by atoms with Gasteiger partial charge in [0, 0.05) is 6.42 Å². The summed E-state index contributed by atoms with van der Waals surface area (Å²) >= 11 is 0.